The van der Waals surface area contributed by atoms with E-state index in [1.807, 2.05) is 24.3 Å². The van der Waals surface area contributed by atoms with Crippen molar-refractivity contribution in [2.45, 2.75) is 6.54 Å². The van der Waals surface area contributed by atoms with Crippen molar-refractivity contribution < 1.29 is 23.8 Å². The van der Waals surface area contributed by atoms with E-state index < -0.39 is 11.9 Å². The third-order valence-corrected chi connectivity index (χ3v) is 4.98. The number of amides is 1. The van der Waals surface area contributed by atoms with Crippen molar-refractivity contribution in [2.75, 3.05) is 13.9 Å². The normalized spacial score (nSPS) is 13.2. The number of ether oxygens (including phenoxy) is 3. The molecule has 0 fully saturated rings. The molecule has 4 rings (SSSR count). The van der Waals surface area contributed by atoms with Gasteiger partial charge in [-0.25, -0.2) is 0 Å². The minimum atomic E-state index is -0.423. The van der Waals surface area contributed by atoms with E-state index in [4.69, 9.17) is 14.2 Å². The van der Waals surface area contributed by atoms with E-state index >= 15 is 0 Å². The average molecular weight is 370 g/mol. The fourth-order valence-electron chi connectivity index (χ4n) is 2.63. The highest BCUT2D eigenvalue weighted by Gasteiger charge is 2.17. The molecule has 2 aromatic carbocycles. The number of carbonyl (C=O) groups is 2. The molecule has 2 heterocycles. The lowest BCUT2D eigenvalue weighted by Crippen LogP contribution is -2.22. The van der Waals surface area contributed by atoms with Gasteiger partial charge >= 0.3 is 5.97 Å². The lowest BCUT2D eigenvalue weighted by atomic mass is 10.2. The van der Waals surface area contributed by atoms with Gasteiger partial charge < -0.3 is 18.8 Å². The van der Waals surface area contributed by atoms with Crippen LogP contribution >= 0.6 is 11.3 Å². The van der Waals surface area contributed by atoms with Crippen molar-refractivity contribution in [1.29, 1.82) is 0 Å². The molecule has 0 spiro atoms. The van der Waals surface area contributed by atoms with Gasteiger partial charge in [-0.2, -0.15) is 4.99 Å². The average Bonchev–Trinajstić information content (AvgIpc) is 3.26. The first-order valence-corrected chi connectivity index (χ1v) is 8.61. The van der Waals surface area contributed by atoms with Gasteiger partial charge in [-0.15, -0.1) is 0 Å². The lowest BCUT2D eigenvalue weighted by Gasteiger charge is -2.03. The molecule has 0 unspecified atom stereocenters. The highest BCUT2D eigenvalue weighted by Crippen LogP contribution is 2.32. The van der Waals surface area contributed by atoms with Gasteiger partial charge in [0.1, 0.15) is 6.54 Å². The van der Waals surface area contributed by atoms with Gasteiger partial charge in [0, 0.05) is 5.56 Å². The highest BCUT2D eigenvalue weighted by molar-refractivity contribution is 7.16. The number of para-hydroxylation sites is 1. The van der Waals surface area contributed by atoms with E-state index in [1.54, 1.807) is 22.8 Å². The Morgan fingerprint density at radius 1 is 1.19 bits per heavy atom. The molecule has 0 N–H and O–H groups in total. The molecular formula is C18H14N2O5S. The number of aromatic nitrogens is 1. The number of hydrogen-bond donors (Lipinski definition) is 0. The van der Waals surface area contributed by atoms with Crippen LogP contribution in [0.25, 0.3) is 10.2 Å². The van der Waals surface area contributed by atoms with Crippen LogP contribution < -0.4 is 14.3 Å². The second-order valence-corrected chi connectivity index (χ2v) is 6.51. The fourth-order valence-corrected chi connectivity index (χ4v) is 3.66. The first kappa shape index (κ1) is 16.3. The molecule has 3 aromatic rings. The second-order valence-electron chi connectivity index (χ2n) is 5.50. The van der Waals surface area contributed by atoms with E-state index in [-0.39, 0.29) is 13.3 Å². The van der Waals surface area contributed by atoms with E-state index in [0.717, 1.165) is 10.2 Å². The van der Waals surface area contributed by atoms with Crippen LogP contribution in [-0.4, -0.2) is 30.3 Å². The maximum absolute atomic E-state index is 12.6. The summed E-state index contributed by atoms with van der Waals surface area (Å²) in [4.78, 5) is 29.0. The molecule has 7 nitrogen and oxygen atoms in total. The molecule has 26 heavy (non-hydrogen) atoms. The number of nitrogens with zero attached hydrogens (tertiary/aromatic N) is 2. The number of thiazole rings is 1. The van der Waals surface area contributed by atoms with Crippen molar-refractivity contribution in [2.24, 2.45) is 4.99 Å². The predicted octanol–water partition coefficient (Wildman–Crippen LogP) is 2.35. The summed E-state index contributed by atoms with van der Waals surface area (Å²) >= 11 is 1.34. The van der Waals surface area contributed by atoms with Crippen molar-refractivity contribution in [1.82, 2.24) is 4.57 Å². The summed E-state index contributed by atoms with van der Waals surface area (Å²) in [6, 6.07) is 12.5. The Morgan fingerprint density at radius 2 is 2.00 bits per heavy atom. The fraction of sp³-hybridized carbons (Fsp3) is 0.167. The summed E-state index contributed by atoms with van der Waals surface area (Å²) in [5, 5.41) is 0. The van der Waals surface area contributed by atoms with Gasteiger partial charge in [-0.1, -0.05) is 23.5 Å². The summed E-state index contributed by atoms with van der Waals surface area (Å²) in [7, 11) is 1.33. The Kier molecular flexibility index (Phi) is 4.18. The van der Waals surface area contributed by atoms with Gasteiger partial charge in [-0.05, 0) is 30.3 Å². The van der Waals surface area contributed by atoms with Crippen molar-refractivity contribution >= 4 is 33.4 Å². The number of carbonyl (C=O) groups excluding carboxylic acids is 2. The molecule has 0 atom stereocenters. The van der Waals surface area contributed by atoms with Crippen LogP contribution in [0.1, 0.15) is 10.4 Å². The molecule has 0 bridgehead atoms. The SMILES string of the molecule is COC(=O)Cn1c(=NC(=O)c2ccc3c(c2)OCO3)sc2ccccc21. The largest absolute Gasteiger partial charge is 0.468 e. The number of fused-ring (bicyclic) bond motifs is 2. The summed E-state index contributed by atoms with van der Waals surface area (Å²) in [6.07, 6.45) is 0. The van der Waals surface area contributed by atoms with Crippen LogP contribution in [0.15, 0.2) is 47.5 Å². The third kappa shape index (κ3) is 2.95. The number of methoxy groups -OCH3 is 1. The maximum atomic E-state index is 12.6. The van der Waals surface area contributed by atoms with Crippen molar-refractivity contribution in [3.63, 3.8) is 0 Å². The van der Waals surface area contributed by atoms with Crippen LogP contribution in [0.4, 0.5) is 0 Å². The quantitative estimate of drug-likeness (QED) is 0.661. The molecule has 0 aliphatic carbocycles. The molecule has 0 saturated carbocycles. The van der Waals surface area contributed by atoms with E-state index in [9.17, 15) is 9.59 Å². The monoisotopic (exact) mass is 370 g/mol. The molecule has 1 amide bonds. The number of rotatable bonds is 3. The van der Waals surface area contributed by atoms with Crippen LogP contribution in [0.5, 0.6) is 11.5 Å². The first-order chi connectivity index (χ1) is 12.7. The zero-order chi connectivity index (χ0) is 18.1. The molecule has 132 valence electrons. The smallest absolute Gasteiger partial charge is 0.325 e. The van der Waals surface area contributed by atoms with Gasteiger partial charge in [0.2, 0.25) is 6.79 Å². The van der Waals surface area contributed by atoms with Gasteiger partial charge in [0.25, 0.3) is 5.91 Å². The Hall–Kier alpha value is -3.13. The molecular weight excluding hydrogens is 356 g/mol. The zero-order valence-electron chi connectivity index (χ0n) is 13.8. The Bertz CT molecular complexity index is 1080. The first-order valence-electron chi connectivity index (χ1n) is 7.79. The molecule has 1 aromatic heterocycles. The molecule has 8 heteroatoms. The summed E-state index contributed by atoms with van der Waals surface area (Å²) in [5.41, 5.74) is 1.21. The maximum Gasteiger partial charge on any atom is 0.325 e. The van der Waals surface area contributed by atoms with Crippen molar-refractivity contribution in [3.05, 3.63) is 52.8 Å². The van der Waals surface area contributed by atoms with Gasteiger partial charge in [0.05, 0.1) is 17.3 Å². The number of hydrogen-bond acceptors (Lipinski definition) is 6. The molecule has 0 radical (unpaired) electrons. The molecule has 0 saturated heterocycles. The highest BCUT2D eigenvalue weighted by atomic mass is 32.1. The second kappa shape index (κ2) is 6.64. The molecule has 1 aliphatic rings. The minimum Gasteiger partial charge on any atom is -0.468 e. The topological polar surface area (TPSA) is 79.1 Å². The van der Waals surface area contributed by atoms with E-state index in [2.05, 4.69) is 4.99 Å². The lowest BCUT2D eigenvalue weighted by molar-refractivity contribution is -0.141. The minimum absolute atomic E-state index is 0.0201. The van der Waals surface area contributed by atoms with Crippen LogP contribution in [-0.2, 0) is 16.1 Å². The summed E-state index contributed by atoms with van der Waals surface area (Å²) < 4.78 is 17.9. The van der Waals surface area contributed by atoms with Crippen LogP contribution in [0, 0.1) is 0 Å². The van der Waals surface area contributed by atoms with Gasteiger partial charge in [0.15, 0.2) is 16.3 Å². The zero-order valence-corrected chi connectivity index (χ0v) is 14.6. The predicted molar refractivity (Wildman–Crippen MR) is 94.3 cm³/mol. The van der Waals surface area contributed by atoms with Crippen molar-refractivity contribution in [3.8, 4) is 11.5 Å². The Labute approximate surface area is 152 Å². The standard InChI is InChI=1S/C18H14N2O5S/c1-23-16(21)9-20-12-4-2-3-5-15(12)26-18(20)19-17(22)11-6-7-13-14(8-11)25-10-24-13/h2-8H,9-10H2,1H3. The number of benzene rings is 2. The van der Waals surface area contributed by atoms with Crippen LogP contribution in [0.2, 0.25) is 0 Å². The van der Waals surface area contributed by atoms with Crippen LogP contribution in [0.3, 0.4) is 0 Å². The third-order valence-electron chi connectivity index (χ3n) is 3.92. The Morgan fingerprint density at radius 3 is 2.85 bits per heavy atom. The Balaban J connectivity index is 1.78. The summed E-state index contributed by atoms with van der Waals surface area (Å²) in [5.74, 6) is 0.285. The van der Waals surface area contributed by atoms with E-state index in [0.29, 0.717) is 21.9 Å². The van der Waals surface area contributed by atoms with E-state index in [1.165, 1.54) is 18.4 Å². The number of esters is 1. The van der Waals surface area contributed by atoms with Gasteiger partial charge in [-0.3, -0.25) is 9.59 Å². The summed E-state index contributed by atoms with van der Waals surface area (Å²) in [6.45, 7) is 0.118. The molecule has 1 aliphatic heterocycles.